The van der Waals surface area contributed by atoms with Gasteiger partial charge in [-0.3, -0.25) is 4.57 Å². The van der Waals surface area contributed by atoms with Crippen molar-refractivity contribution in [1.82, 2.24) is 0 Å². The molecule has 1 atom stereocenters. The summed E-state index contributed by atoms with van der Waals surface area (Å²) in [6, 6.07) is 9.58. The Labute approximate surface area is 157 Å². The van der Waals surface area contributed by atoms with Gasteiger partial charge in [-0.05, 0) is 60.2 Å². The minimum absolute atomic E-state index is 0.246. The maximum absolute atomic E-state index is 11.0. The summed E-state index contributed by atoms with van der Waals surface area (Å²) in [5, 5.41) is 10.2. The highest BCUT2D eigenvalue weighted by Crippen LogP contribution is 2.44. The number of hydrogen-bond donors (Lipinski definition) is 3. The standard InChI is InChI=1S/C20H23O6P/c1-12-6-16(26-11-27(22,23)24)7-14-2-4-17(20(12)14)13-3-5-19(21)18(8-13)15-9-25-10-15/h3,5-8,15,17,21H,2,4,9-11H2,1H3,(H2,22,23,24)/t17-/m0/s1. The lowest BCUT2D eigenvalue weighted by molar-refractivity contribution is 0.00750. The molecule has 1 aliphatic carbocycles. The molecule has 144 valence electrons. The average molecular weight is 390 g/mol. The topological polar surface area (TPSA) is 96.2 Å². The van der Waals surface area contributed by atoms with E-state index in [2.05, 4.69) is 6.07 Å². The number of aromatic hydroxyl groups is 1. The Bertz CT molecular complexity index is 915. The number of fused-ring (bicyclic) bond motifs is 1. The van der Waals surface area contributed by atoms with Crippen molar-refractivity contribution in [3.63, 3.8) is 0 Å². The molecular weight excluding hydrogens is 367 g/mol. The van der Waals surface area contributed by atoms with Gasteiger partial charge in [-0.15, -0.1) is 0 Å². The maximum Gasteiger partial charge on any atom is 0.362 e. The highest BCUT2D eigenvalue weighted by molar-refractivity contribution is 7.51. The van der Waals surface area contributed by atoms with E-state index in [-0.39, 0.29) is 11.8 Å². The van der Waals surface area contributed by atoms with Gasteiger partial charge in [-0.1, -0.05) is 12.1 Å². The second-order valence-electron chi connectivity index (χ2n) is 7.39. The van der Waals surface area contributed by atoms with Crippen molar-refractivity contribution in [1.29, 1.82) is 0 Å². The fourth-order valence-electron chi connectivity index (χ4n) is 4.09. The SMILES string of the molecule is Cc1cc(OCP(=O)(O)O)cc2c1[C@H](c1ccc(O)c(C3COC3)c1)CC2. The van der Waals surface area contributed by atoms with E-state index in [0.717, 1.165) is 29.5 Å². The van der Waals surface area contributed by atoms with Crippen molar-refractivity contribution in [2.75, 3.05) is 19.6 Å². The van der Waals surface area contributed by atoms with Crippen LogP contribution in [0.5, 0.6) is 11.5 Å². The number of ether oxygens (including phenoxy) is 2. The Morgan fingerprint density at radius 3 is 2.67 bits per heavy atom. The molecule has 1 heterocycles. The van der Waals surface area contributed by atoms with Gasteiger partial charge in [-0.25, -0.2) is 0 Å². The predicted octanol–water partition coefficient (Wildman–Crippen LogP) is 3.41. The summed E-state index contributed by atoms with van der Waals surface area (Å²) < 4.78 is 21.6. The first-order chi connectivity index (χ1) is 12.8. The van der Waals surface area contributed by atoms with Crippen LogP contribution in [0.15, 0.2) is 30.3 Å². The summed E-state index contributed by atoms with van der Waals surface area (Å²) in [5.74, 6) is 1.32. The van der Waals surface area contributed by atoms with Crippen LogP contribution in [0, 0.1) is 6.92 Å². The zero-order valence-electron chi connectivity index (χ0n) is 15.1. The van der Waals surface area contributed by atoms with Crippen molar-refractivity contribution in [3.05, 3.63) is 58.1 Å². The molecule has 6 nitrogen and oxygen atoms in total. The van der Waals surface area contributed by atoms with E-state index in [0.29, 0.717) is 24.7 Å². The van der Waals surface area contributed by atoms with Gasteiger partial charge in [0.2, 0.25) is 0 Å². The van der Waals surface area contributed by atoms with Gasteiger partial charge in [0, 0.05) is 17.4 Å². The number of aryl methyl sites for hydroxylation is 2. The smallest absolute Gasteiger partial charge is 0.362 e. The van der Waals surface area contributed by atoms with Crippen molar-refractivity contribution < 1.29 is 28.9 Å². The van der Waals surface area contributed by atoms with E-state index in [1.807, 2.05) is 25.1 Å². The van der Waals surface area contributed by atoms with Gasteiger partial charge < -0.3 is 24.4 Å². The molecule has 1 fully saturated rings. The molecule has 1 saturated heterocycles. The molecule has 4 rings (SSSR count). The van der Waals surface area contributed by atoms with Gasteiger partial charge in [0.25, 0.3) is 0 Å². The normalized spacial score (nSPS) is 19.6. The largest absolute Gasteiger partial charge is 0.508 e. The first-order valence-corrected chi connectivity index (χ1v) is 10.8. The molecule has 0 spiro atoms. The van der Waals surface area contributed by atoms with Crippen molar-refractivity contribution in [3.8, 4) is 11.5 Å². The Morgan fingerprint density at radius 2 is 2.00 bits per heavy atom. The van der Waals surface area contributed by atoms with Gasteiger partial charge in [0.1, 0.15) is 11.5 Å². The van der Waals surface area contributed by atoms with Crippen LogP contribution in [-0.2, 0) is 15.7 Å². The number of phenolic OH excluding ortho intramolecular Hbond substituents is 1. The van der Waals surface area contributed by atoms with E-state index in [1.165, 1.54) is 11.1 Å². The van der Waals surface area contributed by atoms with Crippen molar-refractivity contribution in [2.24, 2.45) is 0 Å². The second kappa shape index (κ2) is 6.95. The highest BCUT2D eigenvalue weighted by Gasteiger charge is 2.29. The molecule has 1 aliphatic heterocycles. The molecule has 0 aromatic heterocycles. The molecule has 0 radical (unpaired) electrons. The van der Waals surface area contributed by atoms with E-state index in [9.17, 15) is 9.67 Å². The average Bonchev–Trinajstić information content (AvgIpc) is 2.97. The third kappa shape index (κ3) is 3.76. The third-order valence-electron chi connectivity index (χ3n) is 5.43. The molecule has 0 unspecified atom stereocenters. The third-order valence-corrected chi connectivity index (χ3v) is 5.89. The molecule has 0 amide bonds. The van der Waals surface area contributed by atoms with Gasteiger partial charge in [0.15, 0.2) is 6.35 Å². The Kier molecular flexibility index (Phi) is 4.77. The van der Waals surface area contributed by atoms with Gasteiger partial charge in [0.05, 0.1) is 13.2 Å². The number of hydrogen-bond acceptors (Lipinski definition) is 4. The van der Waals surface area contributed by atoms with Crippen molar-refractivity contribution in [2.45, 2.75) is 31.6 Å². The predicted molar refractivity (Wildman–Crippen MR) is 101 cm³/mol. The fourth-order valence-corrected chi connectivity index (χ4v) is 4.41. The van der Waals surface area contributed by atoms with E-state index in [4.69, 9.17) is 19.3 Å². The molecule has 0 bridgehead atoms. The minimum Gasteiger partial charge on any atom is -0.508 e. The molecule has 0 saturated carbocycles. The summed E-state index contributed by atoms with van der Waals surface area (Å²) in [7, 11) is -4.20. The van der Waals surface area contributed by atoms with Crippen LogP contribution in [0.3, 0.4) is 0 Å². The van der Waals surface area contributed by atoms with Crippen LogP contribution >= 0.6 is 7.60 Å². The molecule has 3 N–H and O–H groups in total. The minimum atomic E-state index is -4.20. The number of benzene rings is 2. The molecular formula is C20H23O6P. The van der Waals surface area contributed by atoms with Crippen molar-refractivity contribution >= 4 is 7.60 Å². The summed E-state index contributed by atoms with van der Waals surface area (Å²) in [5.41, 5.74) is 5.59. The number of rotatable bonds is 5. The van der Waals surface area contributed by atoms with Crippen LogP contribution in [0.1, 0.15) is 46.1 Å². The fraction of sp³-hybridized carbons (Fsp3) is 0.400. The maximum atomic E-state index is 11.0. The van der Waals surface area contributed by atoms with E-state index < -0.39 is 13.9 Å². The van der Waals surface area contributed by atoms with Crippen LogP contribution in [0.25, 0.3) is 0 Å². The summed E-state index contributed by atoms with van der Waals surface area (Å²) in [6.45, 7) is 3.30. The first-order valence-electron chi connectivity index (χ1n) is 9.03. The monoisotopic (exact) mass is 390 g/mol. The Morgan fingerprint density at radius 1 is 1.22 bits per heavy atom. The Hall–Kier alpha value is -1.85. The van der Waals surface area contributed by atoms with Crippen LogP contribution < -0.4 is 4.74 Å². The van der Waals surface area contributed by atoms with Gasteiger partial charge >= 0.3 is 7.60 Å². The zero-order valence-corrected chi connectivity index (χ0v) is 16.0. The molecule has 2 aliphatic rings. The highest BCUT2D eigenvalue weighted by atomic mass is 31.2. The van der Waals surface area contributed by atoms with Gasteiger partial charge in [-0.2, -0.15) is 0 Å². The molecule has 2 aromatic rings. The lowest BCUT2D eigenvalue weighted by Crippen LogP contribution is -2.25. The van der Waals surface area contributed by atoms with Crippen LogP contribution in [0.2, 0.25) is 0 Å². The molecule has 27 heavy (non-hydrogen) atoms. The summed E-state index contributed by atoms with van der Waals surface area (Å²) >= 11 is 0. The van der Waals surface area contributed by atoms with E-state index >= 15 is 0 Å². The van der Waals surface area contributed by atoms with Crippen LogP contribution in [0.4, 0.5) is 0 Å². The first kappa shape index (κ1) is 18.5. The lowest BCUT2D eigenvalue weighted by atomic mass is 9.86. The van der Waals surface area contributed by atoms with Crippen LogP contribution in [-0.4, -0.2) is 34.5 Å². The second-order valence-corrected chi connectivity index (χ2v) is 8.98. The van der Waals surface area contributed by atoms with E-state index in [1.54, 1.807) is 6.07 Å². The lowest BCUT2D eigenvalue weighted by Gasteiger charge is -2.28. The summed E-state index contributed by atoms with van der Waals surface area (Å²) in [4.78, 5) is 18.0. The zero-order chi connectivity index (χ0) is 19.2. The molecule has 7 heteroatoms. The number of phenols is 1. The molecule has 2 aromatic carbocycles. The Balaban J connectivity index is 1.63. The quantitative estimate of drug-likeness (QED) is 0.677. The summed E-state index contributed by atoms with van der Waals surface area (Å²) in [6.07, 6.45) is 1.24.